The Labute approximate surface area is 162 Å². The van der Waals surface area contributed by atoms with E-state index in [-0.39, 0.29) is 23.1 Å². The van der Waals surface area contributed by atoms with Crippen LogP contribution < -0.4 is 5.56 Å². The van der Waals surface area contributed by atoms with E-state index in [0.717, 1.165) is 17.0 Å². The Kier molecular flexibility index (Phi) is 4.41. The summed E-state index contributed by atoms with van der Waals surface area (Å²) < 4.78 is 26.6. The number of rotatable bonds is 3. The number of para-hydroxylation sites is 1. The summed E-state index contributed by atoms with van der Waals surface area (Å²) in [6, 6.07) is 7.00. The lowest BCUT2D eigenvalue weighted by Crippen LogP contribution is -2.20. The van der Waals surface area contributed by atoms with Gasteiger partial charge in [-0.05, 0) is 39.3 Å². The Balaban J connectivity index is 1.73. The van der Waals surface area contributed by atoms with E-state index < -0.39 is 9.84 Å². The number of fused-ring (bicyclic) bond motifs is 1. The van der Waals surface area contributed by atoms with E-state index in [2.05, 4.69) is 15.2 Å². The molecule has 3 heterocycles. The van der Waals surface area contributed by atoms with Crippen molar-refractivity contribution in [2.24, 2.45) is 5.10 Å². The average Bonchev–Trinajstić information content (AvgIpc) is 3.14. The van der Waals surface area contributed by atoms with Crippen LogP contribution in [0.15, 0.2) is 34.2 Å². The first kappa shape index (κ1) is 18.5. The summed E-state index contributed by atoms with van der Waals surface area (Å²) in [6.07, 6.45) is 2.16. The van der Waals surface area contributed by atoms with E-state index in [4.69, 9.17) is 0 Å². The normalized spacial score (nSPS) is 19.0. The molecule has 4 rings (SSSR count). The van der Waals surface area contributed by atoms with Crippen molar-refractivity contribution < 1.29 is 8.42 Å². The van der Waals surface area contributed by atoms with Gasteiger partial charge in [-0.1, -0.05) is 12.1 Å². The van der Waals surface area contributed by atoms with Crippen LogP contribution in [0.1, 0.15) is 35.2 Å². The molecule has 0 aliphatic carbocycles. The molecule has 0 N–H and O–H groups in total. The maximum Gasteiger partial charge on any atom is 0.282 e. The predicted octanol–water partition coefficient (Wildman–Crippen LogP) is 1.76. The Morgan fingerprint density at radius 3 is 2.68 bits per heavy atom. The monoisotopic (exact) mass is 399 g/mol. The molecule has 1 atom stereocenters. The Hall–Kier alpha value is -2.81. The van der Waals surface area contributed by atoms with Crippen molar-refractivity contribution in [3.05, 3.63) is 57.4 Å². The molecule has 0 saturated carbocycles. The number of hydrogen-bond donors (Lipinski definition) is 0. The molecule has 1 aliphatic heterocycles. The number of aryl methyl sites for hydroxylation is 2. The van der Waals surface area contributed by atoms with Crippen LogP contribution in [0.3, 0.4) is 0 Å². The van der Waals surface area contributed by atoms with Crippen LogP contribution in [0.2, 0.25) is 0 Å². The van der Waals surface area contributed by atoms with E-state index in [1.807, 2.05) is 19.9 Å². The molecule has 1 saturated heterocycles. The quantitative estimate of drug-likeness (QED) is 0.625. The lowest BCUT2D eigenvalue weighted by Gasteiger charge is -2.10. The van der Waals surface area contributed by atoms with Crippen molar-refractivity contribution >= 4 is 27.0 Å². The van der Waals surface area contributed by atoms with Crippen LogP contribution in [-0.4, -0.2) is 45.6 Å². The fourth-order valence-electron chi connectivity index (χ4n) is 3.67. The van der Waals surface area contributed by atoms with Gasteiger partial charge in [0.2, 0.25) is 0 Å². The summed E-state index contributed by atoms with van der Waals surface area (Å²) in [7, 11) is -3.00. The Bertz CT molecular complexity index is 1270. The number of hydrogen-bond acceptors (Lipinski definition) is 6. The maximum atomic E-state index is 12.7. The Morgan fingerprint density at radius 2 is 1.96 bits per heavy atom. The molecule has 8 nitrogen and oxygen atoms in total. The molecule has 9 heteroatoms. The number of aromatic nitrogens is 4. The van der Waals surface area contributed by atoms with Gasteiger partial charge in [-0.3, -0.25) is 9.48 Å². The average molecular weight is 399 g/mol. The van der Waals surface area contributed by atoms with E-state index in [9.17, 15) is 13.2 Å². The van der Waals surface area contributed by atoms with Gasteiger partial charge in [-0.25, -0.2) is 13.4 Å². The molecule has 0 bridgehead atoms. The molecular weight excluding hydrogens is 378 g/mol. The van der Waals surface area contributed by atoms with E-state index >= 15 is 0 Å². The van der Waals surface area contributed by atoms with Gasteiger partial charge < -0.3 is 0 Å². The van der Waals surface area contributed by atoms with Crippen LogP contribution >= 0.6 is 0 Å². The largest absolute Gasteiger partial charge is 0.282 e. The van der Waals surface area contributed by atoms with Crippen molar-refractivity contribution in [2.75, 3.05) is 11.5 Å². The molecule has 1 aromatic carbocycles. The first-order chi connectivity index (χ1) is 13.3. The lowest BCUT2D eigenvalue weighted by atomic mass is 10.2. The highest BCUT2D eigenvalue weighted by molar-refractivity contribution is 7.91. The minimum absolute atomic E-state index is 0.110. The third kappa shape index (κ3) is 3.15. The smallest absolute Gasteiger partial charge is 0.267 e. The van der Waals surface area contributed by atoms with Gasteiger partial charge in [-0.2, -0.15) is 14.9 Å². The van der Waals surface area contributed by atoms with Crippen molar-refractivity contribution in [3.8, 4) is 0 Å². The van der Waals surface area contributed by atoms with Crippen LogP contribution in [0.4, 0.5) is 0 Å². The SMILES string of the molecule is Cc1nn([C@@H]2CCS(=O)(=O)C2)c(C)c1C=Nn1c(C)nc2ccccc2c1=O. The summed E-state index contributed by atoms with van der Waals surface area (Å²) in [4.78, 5) is 17.2. The molecule has 0 unspecified atom stereocenters. The van der Waals surface area contributed by atoms with Crippen molar-refractivity contribution in [3.63, 3.8) is 0 Å². The molecule has 1 fully saturated rings. The zero-order valence-electron chi connectivity index (χ0n) is 16.0. The summed E-state index contributed by atoms with van der Waals surface area (Å²) >= 11 is 0. The van der Waals surface area contributed by atoms with Gasteiger partial charge in [0.1, 0.15) is 5.82 Å². The topological polar surface area (TPSA) is 99.2 Å². The van der Waals surface area contributed by atoms with Crippen LogP contribution in [0, 0.1) is 20.8 Å². The first-order valence-electron chi connectivity index (χ1n) is 9.06. The van der Waals surface area contributed by atoms with E-state index in [1.54, 1.807) is 36.0 Å². The summed E-state index contributed by atoms with van der Waals surface area (Å²) in [5.41, 5.74) is 2.76. The third-order valence-electron chi connectivity index (χ3n) is 5.15. The van der Waals surface area contributed by atoms with Gasteiger partial charge in [0, 0.05) is 11.3 Å². The van der Waals surface area contributed by atoms with Crippen LogP contribution in [0.25, 0.3) is 10.9 Å². The summed E-state index contributed by atoms with van der Waals surface area (Å²) in [5, 5.41) is 9.39. The number of benzene rings is 1. The fraction of sp³-hybridized carbons (Fsp3) is 0.368. The Morgan fingerprint density at radius 1 is 1.21 bits per heavy atom. The molecule has 3 aromatic rings. The molecule has 28 heavy (non-hydrogen) atoms. The van der Waals surface area contributed by atoms with Crippen LogP contribution in [-0.2, 0) is 9.84 Å². The van der Waals surface area contributed by atoms with E-state index in [0.29, 0.717) is 23.1 Å². The highest BCUT2D eigenvalue weighted by Crippen LogP contribution is 2.26. The molecule has 0 spiro atoms. The standard InChI is InChI=1S/C19H21N5O3S/c1-12-17(13(2)23(22-12)15-8-9-28(26,27)11-15)10-20-24-14(3)21-18-7-5-4-6-16(18)19(24)25/h4-7,10,15H,8-9,11H2,1-3H3/t15-/m1/s1. The summed E-state index contributed by atoms with van der Waals surface area (Å²) in [6.45, 7) is 5.47. The molecular formula is C19H21N5O3S. The van der Waals surface area contributed by atoms with Crippen molar-refractivity contribution in [1.82, 2.24) is 19.4 Å². The van der Waals surface area contributed by atoms with Gasteiger partial charge in [0.25, 0.3) is 5.56 Å². The third-order valence-corrected chi connectivity index (χ3v) is 6.90. The second kappa shape index (κ2) is 6.66. The van der Waals surface area contributed by atoms with Crippen LogP contribution in [0.5, 0.6) is 0 Å². The molecule has 0 radical (unpaired) electrons. The number of nitrogens with zero attached hydrogens (tertiary/aromatic N) is 5. The van der Waals surface area contributed by atoms with Gasteiger partial charge in [0.05, 0.1) is 40.4 Å². The molecule has 1 aliphatic rings. The van der Waals surface area contributed by atoms with Gasteiger partial charge >= 0.3 is 0 Å². The highest BCUT2D eigenvalue weighted by Gasteiger charge is 2.31. The lowest BCUT2D eigenvalue weighted by molar-refractivity contribution is 0.486. The highest BCUT2D eigenvalue weighted by atomic mass is 32.2. The maximum absolute atomic E-state index is 12.7. The molecule has 2 aromatic heterocycles. The second-order valence-electron chi connectivity index (χ2n) is 7.12. The molecule has 0 amide bonds. The van der Waals surface area contributed by atoms with Crippen molar-refractivity contribution in [1.29, 1.82) is 0 Å². The fourth-order valence-corrected chi connectivity index (χ4v) is 5.36. The second-order valence-corrected chi connectivity index (χ2v) is 9.35. The number of sulfone groups is 1. The zero-order valence-corrected chi connectivity index (χ0v) is 16.8. The predicted molar refractivity (Wildman–Crippen MR) is 108 cm³/mol. The minimum atomic E-state index is -3.00. The van der Waals surface area contributed by atoms with Gasteiger partial charge in [-0.15, -0.1) is 0 Å². The molecule has 146 valence electrons. The first-order valence-corrected chi connectivity index (χ1v) is 10.9. The van der Waals surface area contributed by atoms with E-state index in [1.165, 1.54) is 4.68 Å². The minimum Gasteiger partial charge on any atom is -0.267 e. The zero-order chi connectivity index (χ0) is 20.1. The van der Waals surface area contributed by atoms with Gasteiger partial charge in [0.15, 0.2) is 9.84 Å². The van der Waals surface area contributed by atoms with Crippen molar-refractivity contribution in [2.45, 2.75) is 33.2 Å². The summed E-state index contributed by atoms with van der Waals surface area (Å²) in [5.74, 6) is 0.791.